The maximum absolute atomic E-state index is 4.53. The first-order valence-corrected chi connectivity index (χ1v) is 24.0. The maximum atomic E-state index is 4.53. The Kier molecular flexibility index (Phi) is 23.8. The van der Waals surface area contributed by atoms with Gasteiger partial charge < -0.3 is 0 Å². The number of aromatic nitrogens is 1. The zero-order chi connectivity index (χ0) is 48.9. The third-order valence-electron chi connectivity index (χ3n) is 9.80. The van der Waals surface area contributed by atoms with E-state index >= 15 is 0 Å². The number of allylic oxidation sites excluding steroid dienone is 1. The van der Waals surface area contributed by atoms with Crippen LogP contribution in [-0.2, 0) is 64.0 Å². The molecule has 0 spiro atoms. The zero-order valence-corrected chi connectivity index (χ0v) is 49.1. The van der Waals surface area contributed by atoms with Crippen molar-refractivity contribution < 1.29 is 21.1 Å². The van der Waals surface area contributed by atoms with E-state index in [0.29, 0.717) is 27.1 Å². The van der Waals surface area contributed by atoms with Crippen molar-refractivity contribution in [1.82, 2.24) is 4.98 Å². The molecule has 0 N–H and O–H groups in total. The van der Waals surface area contributed by atoms with Crippen molar-refractivity contribution in [1.29, 1.82) is 0 Å². The van der Waals surface area contributed by atoms with E-state index < -0.39 is 0 Å². The smallest absolute Gasteiger partial charge is 0.0409 e. The molecule has 0 saturated carbocycles. The van der Waals surface area contributed by atoms with E-state index in [0.717, 1.165) is 32.1 Å². The van der Waals surface area contributed by atoms with Gasteiger partial charge >= 0.3 is 0 Å². The van der Waals surface area contributed by atoms with Gasteiger partial charge in [-0.25, -0.2) is 0 Å². The molecule has 64 heavy (non-hydrogen) atoms. The van der Waals surface area contributed by atoms with Crippen LogP contribution in [0.25, 0.3) is 6.08 Å². The summed E-state index contributed by atoms with van der Waals surface area (Å²) in [6.07, 6.45) is 12.1. The first-order valence-electron chi connectivity index (χ1n) is 24.0. The Morgan fingerprint density at radius 3 is 1.05 bits per heavy atom. The predicted molar refractivity (Wildman–Crippen MR) is 284 cm³/mol. The summed E-state index contributed by atoms with van der Waals surface area (Å²) >= 11 is 0. The summed E-state index contributed by atoms with van der Waals surface area (Å²) in [7, 11) is 0. The quantitative estimate of drug-likeness (QED) is 0.175. The molecule has 0 fully saturated rings. The van der Waals surface area contributed by atoms with Crippen LogP contribution in [0.4, 0.5) is 0 Å². The van der Waals surface area contributed by atoms with Gasteiger partial charge in [-0.2, -0.15) is 35.4 Å². The van der Waals surface area contributed by atoms with Crippen LogP contribution in [0.3, 0.4) is 0 Å². The van der Waals surface area contributed by atoms with Crippen LogP contribution in [0.1, 0.15) is 211 Å². The van der Waals surface area contributed by atoms with Crippen molar-refractivity contribution in [2.24, 2.45) is 32.5 Å². The second-order valence-electron chi connectivity index (χ2n) is 27.6. The summed E-state index contributed by atoms with van der Waals surface area (Å²) in [6, 6.07) is 32.4. The average Bonchev–Trinajstić information content (AvgIpc) is 3.06. The molecule has 358 valence electrons. The molecule has 0 unspecified atom stereocenters. The minimum absolute atomic E-state index is 0. The summed E-state index contributed by atoms with van der Waals surface area (Å²) < 4.78 is 0. The normalized spacial score (nSPS) is 12.8. The second-order valence-corrected chi connectivity index (χ2v) is 27.6. The zero-order valence-electron chi connectivity index (χ0n) is 46.1. The fraction of sp³-hybridized carbons (Fsp3) is 0.597. The Hall–Kier alpha value is -2.76. The van der Waals surface area contributed by atoms with Crippen LogP contribution in [0.2, 0.25) is 0 Å². The van der Waals surface area contributed by atoms with Crippen molar-refractivity contribution in [2.45, 2.75) is 209 Å². The van der Waals surface area contributed by atoms with E-state index in [9.17, 15) is 0 Å². The van der Waals surface area contributed by atoms with Gasteiger partial charge in [-0.3, -0.25) is 4.98 Å². The van der Waals surface area contributed by atoms with Crippen LogP contribution in [0.15, 0.2) is 91.1 Å². The van der Waals surface area contributed by atoms with Gasteiger partial charge in [0.2, 0.25) is 0 Å². The van der Waals surface area contributed by atoms with Crippen LogP contribution in [-0.4, -0.2) is 4.98 Å². The Morgan fingerprint density at radius 1 is 0.406 bits per heavy atom. The molecular weight excluding hydrogens is 943 g/mol. The molecule has 4 rings (SSSR count). The van der Waals surface area contributed by atoms with Gasteiger partial charge in [-0.05, 0) is 103 Å². The molecule has 1 aromatic heterocycles. The minimum atomic E-state index is 0. The summed E-state index contributed by atoms with van der Waals surface area (Å²) in [4.78, 5) is 4.53. The largest absolute Gasteiger partial charge is 0.261 e. The number of hydrogen-bond donors (Lipinski definition) is 0. The Labute approximate surface area is 413 Å². The van der Waals surface area contributed by atoms with E-state index in [2.05, 4.69) is 268 Å². The Bertz CT molecular complexity index is 1780. The molecule has 0 aliphatic carbocycles. The van der Waals surface area contributed by atoms with Crippen molar-refractivity contribution >= 4 is 6.08 Å². The summed E-state index contributed by atoms with van der Waals surface area (Å²) in [5.41, 5.74) is 13.2. The Morgan fingerprint density at radius 2 is 0.766 bits per heavy atom. The van der Waals surface area contributed by atoms with Gasteiger partial charge in [0.15, 0.2) is 0 Å². The molecular formula is C62H98NW-. The maximum Gasteiger partial charge on any atom is 0.0409 e. The van der Waals surface area contributed by atoms with Crippen LogP contribution >= 0.6 is 0 Å². The van der Waals surface area contributed by atoms with Gasteiger partial charge in [0.05, 0.1) is 0 Å². The van der Waals surface area contributed by atoms with Gasteiger partial charge in [-0.15, -0.1) is 0 Å². The molecule has 2 heteroatoms. The monoisotopic (exact) mass is 1040 g/mol. The molecule has 0 aliphatic rings. The minimum Gasteiger partial charge on any atom is -0.261 e. The summed E-state index contributed by atoms with van der Waals surface area (Å²) in [5, 5.41) is 0. The SMILES string of the molecule is CC(C)(C)/C=C/c1ccc(CC(C)(C)C)cc1.CC(C)(C)Cc1c[c-]c(C(C)(C)C)cc1.CC(C)(C)Cc1ccc(C(C)(C)C)cn1.CC(C)(C)Cc1ccc(CC(C)(C)C)cc1.[W]. The molecule has 0 atom stereocenters. The molecule has 0 radical (unpaired) electrons. The first-order chi connectivity index (χ1) is 28.2. The van der Waals surface area contributed by atoms with Crippen molar-refractivity contribution in [2.75, 3.05) is 0 Å². The van der Waals surface area contributed by atoms with Crippen LogP contribution < -0.4 is 0 Å². The number of benzene rings is 3. The third kappa shape index (κ3) is 31.2. The van der Waals surface area contributed by atoms with E-state index in [-0.39, 0.29) is 37.3 Å². The second kappa shape index (κ2) is 24.8. The molecule has 0 saturated heterocycles. The molecule has 3 aromatic carbocycles. The number of rotatable bonds is 6. The average molecular weight is 1040 g/mol. The molecule has 0 amide bonds. The topological polar surface area (TPSA) is 12.9 Å². The molecule has 0 bridgehead atoms. The van der Waals surface area contributed by atoms with Gasteiger partial charge in [0.25, 0.3) is 0 Å². The summed E-state index contributed by atoms with van der Waals surface area (Å²) in [6.45, 7) is 54.1. The standard InChI is InChI=1S/C17H26.C16H26.C15H23.C14H23N.W/c1-16(2,3)12-11-14-7-9-15(10-8-14)13-17(4,5)6;1-15(2,3)11-13-7-9-14(10-8-13)12-16(4,5)6;1-14(2,3)11-12-7-9-13(10-8-12)15(4,5)6;1-13(2,3)9-12-8-7-11(10-15-12)14(4,5)6;/h7-12H,13H2,1-6H3;7-10H,11-12H2,1-6H3;7-9H,11H2,1-6H3;7-8,10H,9H2,1-6H3;/q;;-1;;/b12-11+;;;;. The fourth-order valence-corrected chi connectivity index (χ4v) is 6.87. The molecule has 4 aromatic rings. The van der Waals surface area contributed by atoms with Crippen LogP contribution in [0.5, 0.6) is 0 Å². The van der Waals surface area contributed by atoms with Crippen molar-refractivity contribution in [3.63, 3.8) is 0 Å². The number of hydrogen-bond acceptors (Lipinski definition) is 1. The van der Waals surface area contributed by atoms with Crippen LogP contribution in [0, 0.1) is 38.6 Å². The first kappa shape index (κ1) is 61.2. The molecule has 1 heterocycles. The van der Waals surface area contributed by atoms with E-state index in [1.165, 1.54) is 44.6 Å². The fourth-order valence-electron chi connectivity index (χ4n) is 6.87. The van der Waals surface area contributed by atoms with Crippen molar-refractivity contribution in [3.8, 4) is 0 Å². The molecule has 0 aliphatic heterocycles. The summed E-state index contributed by atoms with van der Waals surface area (Å²) in [5.74, 6) is 0. The molecule has 1 nitrogen and oxygen atoms in total. The van der Waals surface area contributed by atoms with Gasteiger partial charge in [-0.1, -0.05) is 239 Å². The van der Waals surface area contributed by atoms with Gasteiger partial charge in [0, 0.05) is 33.0 Å². The van der Waals surface area contributed by atoms with E-state index in [1.807, 2.05) is 6.20 Å². The third-order valence-corrected chi connectivity index (χ3v) is 9.80. The Balaban J connectivity index is 0.000000824. The van der Waals surface area contributed by atoms with E-state index in [1.54, 1.807) is 0 Å². The predicted octanol–water partition coefficient (Wildman–Crippen LogP) is 18.5. The number of nitrogens with zero attached hydrogens (tertiary/aromatic N) is 1. The number of pyridine rings is 1. The van der Waals surface area contributed by atoms with Gasteiger partial charge in [0.1, 0.15) is 0 Å². The van der Waals surface area contributed by atoms with E-state index in [4.69, 9.17) is 0 Å². The van der Waals surface area contributed by atoms with Crippen molar-refractivity contribution in [3.05, 3.63) is 142 Å².